The predicted molar refractivity (Wildman–Crippen MR) is 60.9 cm³/mol. The first kappa shape index (κ1) is 12.6. The Bertz CT molecular complexity index is 500. The van der Waals surface area contributed by atoms with Crippen molar-refractivity contribution in [3.05, 3.63) is 29.3 Å². The zero-order chi connectivity index (χ0) is 12.8. The van der Waals surface area contributed by atoms with E-state index in [0.29, 0.717) is 17.1 Å². The second-order valence-electron chi connectivity index (χ2n) is 3.05. The minimum absolute atomic E-state index is 0.240. The lowest BCUT2D eigenvalue weighted by Crippen LogP contribution is -1.96. The highest BCUT2D eigenvalue weighted by atomic mass is 16.5. The molecular weight excluding hydrogens is 222 g/mol. The van der Waals surface area contributed by atoms with Gasteiger partial charge in [-0.3, -0.25) is 0 Å². The lowest BCUT2D eigenvalue weighted by atomic mass is 10.1. The molecule has 0 bridgehead atoms. The average molecular weight is 233 g/mol. The van der Waals surface area contributed by atoms with Gasteiger partial charge in [-0.05, 0) is 23.8 Å². The molecule has 0 atom stereocenters. The maximum absolute atomic E-state index is 10.4. The third-order valence-electron chi connectivity index (χ3n) is 2.10. The van der Waals surface area contributed by atoms with Gasteiger partial charge in [-0.25, -0.2) is 4.79 Å². The number of carboxylic acids is 1. The Morgan fingerprint density at radius 3 is 2.59 bits per heavy atom. The van der Waals surface area contributed by atoms with Crippen LogP contribution in [-0.2, 0) is 4.79 Å². The molecule has 0 aliphatic rings. The molecule has 1 aromatic rings. The van der Waals surface area contributed by atoms with Crippen LogP contribution in [0.1, 0.15) is 11.1 Å². The van der Waals surface area contributed by atoms with E-state index in [0.717, 1.165) is 6.08 Å². The quantitative estimate of drug-likeness (QED) is 0.800. The molecule has 88 valence electrons. The molecule has 17 heavy (non-hydrogen) atoms. The van der Waals surface area contributed by atoms with E-state index in [2.05, 4.69) is 0 Å². The topological polar surface area (TPSA) is 79.5 Å². The highest BCUT2D eigenvalue weighted by Crippen LogP contribution is 2.33. The minimum atomic E-state index is -1.08. The number of carboxylic acid groups (broad SMARTS) is 1. The van der Waals surface area contributed by atoms with Gasteiger partial charge in [0, 0.05) is 6.08 Å². The summed E-state index contributed by atoms with van der Waals surface area (Å²) in [6.45, 7) is 0. The Balaban J connectivity index is 3.34. The van der Waals surface area contributed by atoms with E-state index in [1.807, 2.05) is 6.07 Å². The third-order valence-corrected chi connectivity index (χ3v) is 2.10. The minimum Gasteiger partial charge on any atom is -0.493 e. The van der Waals surface area contributed by atoms with Crippen molar-refractivity contribution in [3.8, 4) is 17.6 Å². The fourth-order valence-corrected chi connectivity index (χ4v) is 1.36. The molecule has 5 heteroatoms. The van der Waals surface area contributed by atoms with Crippen molar-refractivity contribution >= 4 is 12.0 Å². The summed E-state index contributed by atoms with van der Waals surface area (Å²) in [4.78, 5) is 10.4. The summed E-state index contributed by atoms with van der Waals surface area (Å²) >= 11 is 0. The first-order valence-electron chi connectivity index (χ1n) is 4.70. The standard InChI is InChI=1S/C12H11NO4/c1-16-10-5-3-8(4-6-11(14)15)9(7-13)12(10)17-2/h3-6H,1-2H3,(H,14,15)/b6-4+. The van der Waals surface area contributed by atoms with Gasteiger partial charge < -0.3 is 14.6 Å². The van der Waals surface area contributed by atoms with E-state index >= 15 is 0 Å². The van der Waals surface area contributed by atoms with Crippen LogP contribution in [0.4, 0.5) is 0 Å². The van der Waals surface area contributed by atoms with Crippen molar-refractivity contribution in [3.63, 3.8) is 0 Å². The third kappa shape index (κ3) is 2.75. The maximum atomic E-state index is 10.4. The Morgan fingerprint density at radius 1 is 1.41 bits per heavy atom. The Kier molecular flexibility index (Phi) is 4.12. The van der Waals surface area contributed by atoms with Gasteiger partial charge in [0.15, 0.2) is 11.5 Å². The molecule has 1 N–H and O–H groups in total. The second-order valence-corrected chi connectivity index (χ2v) is 3.05. The Labute approximate surface area is 98.5 Å². The van der Waals surface area contributed by atoms with E-state index < -0.39 is 5.97 Å². The van der Waals surface area contributed by atoms with Gasteiger partial charge in [0.05, 0.1) is 14.2 Å². The molecule has 0 unspecified atom stereocenters. The Morgan fingerprint density at radius 2 is 2.12 bits per heavy atom. The first-order valence-corrected chi connectivity index (χ1v) is 4.70. The number of nitrogens with zero attached hydrogens (tertiary/aromatic N) is 1. The molecule has 0 saturated carbocycles. The van der Waals surface area contributed by atoms with Gasteiger partial charge in [-0.15, -0.1) is 0 Å². The number of ether oxygens (including phenoxy) is 2. The number of hydrogen-bond donors (Lipinski definition) is 1. The Hall–Kier alpha value is -2.48. The van der Waals surface area contributed by atoms with Crippen molar-refractivity contribution in [2.75, 3.05) is 14.2 Å². The van der Waals surface area contributed by atoms with Crippen LogP contribution in [-0.4, -0.2) is 25.3 Å². The maximum Gasteiger partial charge on any atom is 0.328 e. The monoisotopic (exact) mass is 233 g/mol. The number of nitriles is 1. The van der Waals surface area contributed by atoms with Gasteiger partial charge in [-0.1, -0.05) is 0 Å². The summed E-state index contributed by atoms with van der Waals surface area (Å²) in [6.07, 6.45) is 2.30. The van der Waals surface area contributed by atoms with Crippen molar-refractivity contribution in [2.45, 2.75) is 0 Å². The van der Waals surface area contributed by atoms with Crippen LogP contribution in [0.15, 0.2) is 18.2 Å². The van der Waals surface area contributed by atoms with Crippen LogP contribution < -0.4 is 9.47 Å². The zero-order valence-corrected chi connectivity index (χ0v) is 9.43. The largest absolute Gasteiger partial charge is 0.493 e. The molecule has 1 rings (SSSR count). The molecule has 0 spiro atoms. The fourth-order valence-electron chi connectivity index (χ4n) is 1.36. The van der Waals surface area contributed by atoms with Crippen LogP contribution in [0, 0.1) is 11.3 Å². The molecule has 0 saturated heterocycles. The fraction of sp³-hybridized carbons (Fsp3) is 0.167. The van der Waals surface area contributed by atoms with Gasteiger partial charge in [0.2, 0.25) is 0 Å². The van der Waals surface area contributed by atoms with E-state index in [-0.39, 0.29) is 5.56 Å². The van der Waals surface area contributed by atoms with E-state index in [1.54, 1.807) is 12.1 Å². The molecule has 0 aliphatic carbocycles. The molecule has 0 fully saturated rings. The van der Waals surface area contributed by atoms with Gasteiger partial charge in [-0.2, -0.15) is 5.26 Å². The summed E-state index contributed by atoms with van der Waals surface area (Å²) in [5, 5.41) is 17.6. The number of benzene rings is 1. The molecule has 1 aromatic carbocycles. The highest BCUT2D eigenvalue weighted by molar-refractivity contribution is 5.86. The van der Waals surface area contributed by atoms with Crippen molar-refractivity contribution in [1.29, 1.82) is 5.26 Å². The lowest BCUT2D eigenvalue weighted by Gasteiger charge is -2.10. The molecule has 0 amide bonds. The summed E-state index contributed by atoms with van der Waals surface area (Å²) in [6, 6.07) is 5.17. The number of carbonyl (C=O) groups is 1. The van der Waals surface area contributed by atoms with E-state index in [9.17, 15) is 4.79 Å². The molecule has 0 aliphatic heterocycles. The van der Waals surface area contributed by atoms with E-state index in [4.69, 9.17) is 19.8 Å². The summed E-state index contributed by atoms with van der Waals surface area (Å²) < 4.78 is 10.1. The van der Waals surface area contributed by atoms with Gasteiger partial charge in [0.25, 0.3) is 0 Å². The van der Waals surface area contributed by atoms with Crippen LogP contribution >= 0.6 is 0 Å². The number of hydrogen-bond acceptors (Lipinski definition) is 4. The van der Waals surface area contributed by atoms with E-state index in [1.165, 1.54) is 20.3 Å². The summed E-state index contributed by atoms with van der Waals surface area (Å²) in [5.74, 6) is -0.359. The normalized spacial score (nSPS) is 9.94. The second kappa shape index (κ2) is 5.56. The van der Waals surface area contributed by atoms with Crippen LogP contribution in [0.5, 0.6) is 11.5 Å². The average Bonchev–Trinajstić information content (AvgIpc) is 2.34. The molecule has 0 aromatic heterocycles. The van der Waals surface area contributed by atoms with Gasteiger partial charge in [0.1, 0.15) is 11.6 Å². The molecule has 5 nitrogen and oxygen atoms in total. The van der Waals surface area contributed by atoms with Crippen LogP contribution in [0.3, 0.4) is 0 Å². The lowest BCUT2D eigenvalue weighted by molar-refractivity contribution is -0.131. The smallest absolute Gasteiger partial charge is 0.328 e. The predicted octanol–water partition coefficient (Wildman–Crippen LogP) is 1.67. The zero-order valence-electron chi connectivity index (χ0n) is 9.43. The molecule has 0 heterocycles. The van der Waals surface area contributed by atoms with Crippen LogP contribution in [0.2, 0.25) is 0 Å². The molecule has 0 radical (unpaired) electrons. The number of aliphatic carboxylic acids is 1. The summed E-state index contributed by atoms with van der Waals surface area (Å²) in [5.41, 5.74) is 0.705. The first-order chi connectivity index (χ1) is 8.13. The van der Waals surface area contributed by atoms with Crippen molar-refractivity contribution in [1.82, 2.24) is 0 Å². The van der Waals surface area contributed by atoms with Gasteiger partial charge >= 0.3 is 5.97 Å². The SMILES string of the molecule is COc1ccc(/C=C/C(=O)O)c(C#N)c1OC. The van der Waals surface area contributed by atoms with Crippen molar-refractivity contribution in [2.24, 2.45) is 0 Å². The van der Waals surface area contributed by atoms with Crippen LogP contribution in [0.25, 0.3) is 6.08 Å². The number of rotatable bonds is 4. The summed E-state index contributed by atoms with van der Waals surface area (Å²) in [7, 11) is 2.88. The highest BCUT2D eigenvalue weighted by Gasteiger charge is 2.13. The molecular formula is C12H11NO4. The van der Waals surface area contributed by atoms with Crippen molar-refractivity contribution < 1.29 is 19.4 Å². The number of methoxy groups -OCH3 is 2.